The van der Waals surface area contributed by atoms with Gasteiger partial charge in [0.1, 0.15) is 6.26 Å². The lowest BCUT2D eigenvalue weighted by Crippen LogP contribution is -2.46. The van der Waals surface area contributed by atoms with Crippen molar-refractivity contribution in [2.24, 2.45) is 5.92 Å². The van der Waals surface area contributed by atoms with Gasteiger partial charge >= 0.3 is 0 Å². The van der Waals surface area contributed by atoms with E-state index in [-0.39, 0.29) is 0 Å². The molecule has 0 spiro atoms. The van der Waals surface area contributed by atoms with Gasteiger partial charge in [-0.2, -0.15) is 0 Å². The molecule has 0 amide bonds. The van der Waals surface area contributed by atoms with Crippen molar-refractivity contribution < 1.29 is 4.52 Å². The molecule has 0 bridgehead atoms. The Morgan fingerprint density at radius 3 is 3.00 bits per heavy atom. The summed E-state index contributed by atoms with van der Waals surface area (Å²) < 4.78 is 4.88. The molecule has 2 aliphatic rings. The van der Waals surface area contributed by atoms with Crippen LogP contribution in [0.15, 0.2) is 16.9 Å². The molecule has 2 fully saturated rings. The van der Waals surface area contributed by atoms with Crippen molar-refractivity contribution >= 4 is 0 Å². The van der Waals surface area contributed by atoms with Gasteiger partial charge in [-0.1, -0.05) is 18.0 Å². The zero-order valence-corrected chi connectivity index (χ0v) is 10.9. The molecule has 100 valence electrons. The summed E-state index contributed by atoms with van der Waals surface area (Å²) in [7, 11) is 0. The number of hydrogen-bond acceptors (Lipinski definition) is 4. The molecule has 2 heterocycles. The fourth-order valence-electron chi connectivity index (χ4n) is 3.54. The van der Waals surface area contributed by atoms with Crippen LogP contribution in [0.3, 0.4) is 0 Å². The van der Waals surface area contributed by atoms with Crippen molar-refractivity contribution in [2.75, 3.05) is 6.54 Å². The highest BCUT2D eigenvalue weighted by molar-refractivity contribution is 4.97. The van der Waals surface area contributed by atoms with Crippen LogP contribution in [0.1, 0.15) is 44.2 Å². The molecule has 1 aliphatic heterocycles. The highest BCUT2D eigenvalue weighted by atomic mass is 16.5. The van der Waals surface area contributed by atoms with Crippen molar-refractivity contribution in [3.05, 3.63) is 18.0 Å². The van der Waals surface area contributed by atoms with Crippen LogP contribution in [-0.4, -0.2) is 23.8 Å². The van der Waals surface area contributed by atoms with Gasteiger partial charge < -0.3 is 15.2 Å². The van der Waals surface area contributed by atoms with Crippen LogP contribution in [0.5, 0.6) is 0 Å². The normalized spacial score (nSPS) is 32.8. The van der Waals surface area contributed by atoms with Crippen molar-refractivity contribution in [1.29, 1.82) is 0 Å². The molecule has 1 aromatic heterocycles. The molecule has 1 saturated heterocycles. The Hall–Kier alpha value is -0.870. The number of rotatable bonds is 4. The van der Waals surface area contributed by atoms with Crippen LogP contribution in [0.25, 0.3) is 0 Å². The number of nitrogens with zero attached hydrogens (tertiary/aromatic N) is 1. The van der Waals surface area contributed by atoms with Gasteiger partial charge in [0.25, 0.3) is 0 Å². The second-order valence-electron chi connectivity index (χ2n) is 5.63. The smallest absolute Gasteiger partial charge is 0.124 e. The Morgan fingerprint density at radius 1 is 1.28 bits per heavy atom. The summed E-state index contributed by atoms with van der Waals surface area (Å²) >= 11 is 0. The molecule has 4 heteroatoms. The summed E-state index contributed by atoms with van der Waals surface area (Å²) in [6.45, 7) is 2.04. The summed E-state index contributed by atoms with van der Waals surface area (Å²) in [5, 5.41) is 11.3. The highest BCUT2D eigenvalue weighted by Crippen LogP contribution is 2.30. The molecular formula is C14H23N3O. The molecule has 1 aromatic rings. The van der Waals surface area contributed by atoms with E-state index in [0.29, 0.717) is 6.04 Å². The third-order valence-corrected chi connectivity index (χ3v) is 4.47. The largest absolute Gasteiger partial charge is 0.364 e. The van der Waals surface area contributed by atoms with Gasteiger partial charge in [0, 0.05) is 24.7 Å². The van der Waals surface area contributed by atoms with Gasteiger partial charge in [-0.3, -0.25) is 0 Å². The van der Waals surface area contributed by atoms with Gasteiger partial charge in [-0.05, 0) is 38.1 Å². The first-order valence-electron chi connectivity index (χ1n) is 7.29. The lowest BCUT2D eigenvalue weighted by atomic mass is 9.79. The lowest BCUT2D eigenvalue weighted by Gasteiger charge is -2.36. The van der Waals surface area contributed by atoms with Gasteiger partial charge in [-0.15, -0.1) is 0 Å². The van der Waals surface area contributed by atoms with Gasteiger partial charge in [0.2, 0.25) is 0 Å². The second kappa shape index (κ2) is 5.85. The summed E-state index contributed by atoms with van der Waals surface area (Å²) in [6.07, 6.45) is 9.78. The molecule has 0 radical (unpaired) electrons. The predicted molar refractivity (Wildman–Crippen MR) is 70.1 cm³/mol. The van der Waals surface area contributed by atoms with Gasteiger partial charge in [0.15, 0.2) is 0 Å². The van der Waals surface area contributed by atoms with E-state index < -0.39 is 0 Å². The first-order chi connectivity index (χ1) is 8.93. The Labute approximate surface area is 108 Å². The summed E-state index contributed by atoms with van der Waals surface area (Å²) in [4.78, 5) is 0. The number of aromatic nitrogens is 1. The second-order valence-corrected chi connectivity index (χ2v) is 5.63. The minimum atomic E-state index is 0.644. The highest BCUT2D eigenvalue weighted by Gasteiger charge is 2.32. The maximum Gasteiger partial charge on any atom is 0.124 e. The average Bonchev–Trinajstić information content (AvgIpc) is 3.10. The standard InChI is InChI=1S/C14H23N3O/c1-2-5-14(16-10-11-7-9-18-17-11)12(4-1)13-6-3-8-15-13/h7,9,12-16H,1-6,8,10H2. The molecule has 4 nitrogen and oxygen atoms in total. The fraction of sp³-hybridized carbons (Fsp3) is 0.786. The van der Waals surface area contributed by atoms with E-state index >= 15 is 0 Å². The van der Waals surface area contributed by atoms with Crippen molar-refractivity contribution in [1.82, 2.24) is 15.8 Å². The van der Waals surface area contributed by atoms with E-state index in [0.717, 1.165) is 24.2 Å². The first kappa shape index (κ1) is 12.2. The molecule has 18 heavy (non-hydrogen) atoms. The molecule has 3 atom stereocenters. The Morgan fingerprint density at radius 2 is 2.22 bits per heavy atom. The zero-order chi connectivity index (χ0) is 12.2. The fourth-order valence-corrected chi connectivity index (χ4v) is 3.54. The Kier molecular flexibility index (Phi) is 3.96. The van der Waals surface area contributed by atoms with E-state index in [4.69, 9.17) is 4.52 Å². The average molecular weight is 249 g/mol. The topological polar surface area (TPSA) is 50.1 Å². The van der Waals surface area contributed by atoms with E-state index in [1.807, 2.05) is 6.07 Å². The van der Waals surface area contributed by atoms with Crippen LogP contribution in [0.2, 0.25) is 0 Å². The van der Waals surface area contributed by atoms with Gasteiger partial charge in [0.05, 0.1) is 5.69 Å². The molecule has 1 aliphatic carbocycles. The summed E-state index contributed by atoms with van der Waals surface area (Å²) in [5.74, 6) is 0.799. The maximum atomic E-state index is 4.88. The van der Waals surface area contributed by atoms with Crippen LogP contribution >= 0.6 is 0 Å². The SMILES string of the molecule is c1cc(CNC2CCCCC2C2CCCN2)no1. The summed E-state index contributed by atoms with van der Waals surface area (Å²) in [5.41, 5.74) is 1.01. The van der Waals surface area contributed by atoms with Crippen LogP contribution in [0, 0.1) is 5.92 Å². The zero-order valence-electron chi connectivity index (χ0n) is 10.9. The minimum absolute atomic E-state index is 0.644. The minimum Gasteiger partial charge on any atom is -0.364 e. The lowest BCUT2D eigenvalue weighted by molar-refractivity contribution is 0.212. The third-order valence-electron chi connectivity index (χ3n) is 4.47. The van der Waals surface area contributed by atoms with Gasteiger partial charge in [-0.25, -0.2) is 0 Å². The first-order valence-corrected chi connectivity index (χ1v) is 7.29. The molecule has 3 unspecified atom stereocenters. The Balaban J connectivity index is 1.57. The van der Waals surface area contributed by atoms with Crippen LogP contribution < -0.4 is 10.6 Å². The number of nitrogens with one attached hydrogen (secondary N) is 2. The summed E-state index contributed by atoms with van der Waals surface area (Å²) in [6, 6.07) is 3.32. The van der Waals surface area contributed by atoms with E-state index in [2.05, 4.69) is 15.8 Å². The molecule has 0 aromatic carbocycles. The molecule has 3 rings (SSSR count). The van der Waals surface area contributed by atoms with Crippen LogP contribution in [0.4, 0.5) is 0 Å². The van der Waals surface area contributed by atoms with Crippen molar-refractivity contribution in [2.45, 2.75) is 57.2 Å². The van der Waals surface area contributed by atoms with E-state index in [1.165, 1.54) is 45.1 Å². The molecule has 2 N–H and O–H groups in total. The van der Waals surface area contributed by atoms with Crippen molar-refractivity contribution in [3.63, 3.8) is 0 Å². The van der Waals surface area contributed by atoms with E-state index in [9.17, 15) is 0 Å². The monoisotopic (exact) mass is 249 g/mol. The third kappa shape index (κ3) is 2.75. The Bertz CT molecular complexity index is 346. The molecular weight excluding hydrogens is 226 g/mol. The maximum absolute atomic E-state index is 4.88. The number of hydrogen-bond donors (Lipinski definition) is 2. The predicted octanol–water partition coefficient (Wildman–Crippen LogP) is 2.08. The van der Waals surface area contributed by atoms with Crippen LogP contribution in [-0.2, 0) is 6.54 Å². The molecule has 1 saturated carbocycles. The van der Waals surface area contributed by atoms with Crippen molar-refractivity contribution in [3.8, 4) is 0 Å². The van der Waals surface area contributed by atoms with E-state index in [1.54, 1.807) is 6.26 Å². The quantitative estimate of drug-likeness (QED) is 0.857.